The third kappa shape index (κ3) is 2.40. The highest BCUT2D eigenvalue weighted by Crippen LogP contribution is 2.17. The minimum Gasteiger partial charge on any atom is -0.381 e. The molecule has 1 aromatic heterocycles. The number of nitrogens with zero attached hydrogens (tertiary/aromatic N) is 1. The second-order valence-corrected chi connectivity index (χ2v) is 4.03. The first-order chi connectivity index (χ1) is 7.71. The molecule has 16 heavy (non-hydrogen) atoms. The van der Waals surface area contributed by atoms with E-state index in [1.807, 2.05) is 6.07 Å². The van der Waals surface area contributed by atoms with Crippen LogP contribution in [0.3, 0.4) is 0 Å². The number of H-pyrrole nitrogens is 1. The average Bonchev–Trinajstić information content (AvgIpc) is 2.79. The molecule has 6 nitrogen and oxygen atoms in total. The molecule has 0 radical (unpaired) electrons. The van der Waals surface area contributed by atoms with Gasteiger partial charge in [0.25, 0.3) is 0 Å². The number of aromatic nitrogens is 2. The van der Waals surface area contributed by atoms with E-state index in [1.165, 1.54) is 0 Å². The summed E-state index contributed by atoms with van der Waals surface area (Å²) in [5.41, 5.74) is 6.11. The number of aromatic amines is 1. The van der Waals surface area contributed by atoms with E-state index in [4.69, 9.17) is 10.5 Å². The number of nitrogens with two attached hydrogens (primary N) is 1. The third-order valence-electron chi connectivity index (χ3n) is 2.84. The summed E-state index contributed by atoms with van der Waals surface area (Å²) in [4.78, 5) is 11.9. The fourth-order valence-corrected chi connectivity index (χ4v) is 1.70. The van der Waals surface area contributed by atoms with E-state index in [2.05, 4.69) is 15.5 Å². The molecule has 0 unspecified atom stereocenters. The Morgan fingerprint density at radius 2 is 2.38 bits per heavy atom. The summed E-state index contributed by atoms with van der Waals surface area (Å²) in [5.74, 6) is -0.120. The topological polar surface area (TPSA) is 93.0 Å². The van der Waals surface area contributed by atoms with Gasteiger partial charge in [0, 0.05) is 19.4 Å². The highest BCUT2D eigenvalue weighted by Gasteiger charge is 2.35. The zero-order valence-electron chi connectivity index (χ0n) is 9.03. The fourth-order valence-electron chi connectivity index (χ4n) is 1.70. The van der Waals surface area contributed by atoms with Crippen LogP contribution in [0.2, 0.25) is 0 Å². The highest BCUT2D eigenvalue weighted by molar-refractivity contribution is 5.86. The Bertz CT molecular complexity index is 344. The van der Waals surface area contributed by atoms with Gasteiger partial charge < -0.3 is 15.8 Å². The second kappa shape index (κ2) is 4.63. The van der Waals surface area contributed by atoms with E-state index in [0.717, 1.165) is 5.69 Å². The molecule has 2 rings (SSSR count). The zero-order chi connectivity index (χ0) is 11.4. The van der Waals surface area contributed by atoms with Crippen LogP contribution in [0.1, 0.15) is 18.5 Å². The van der Waals surface area contributed by atoms with Gasteiger partial charge in [-0.25, -0.2) is 0 Å². The van der Waals surface area contributed by atoms with Crippen LogP contribution in [-0.4, -0.2) is 34.9 Å². The highest BCUT2D eigenvalue weighted by atomic mass is 16.5. The van der Waals surface area contributed by atoms with Gasteiger partial charge in [0.1, 0.15) is 0 Å². The van der Waals surface area contributed by atoms with Crippen LogP contribution in [0.25, 0.3) is 0 Å². The van der Waals surface area contributed by atoms with Crippen LogP contribution in [0.4, 0.5) is 0 Å². The van der Waals surface area contributed by atoms with Crippen molar-refractivity contribution in [2.24, 2.45) is 5.73 Å². The van der Waals surface area contributed by atoms with Gasteiger partial charge in [-0.1, -0.05) is 0 Å². The SMILES string of the molecule is NC1(C(=O)NCc2ccn[nH]2)CCOCC1. The van der Waals surface area contributed by atoms with Gasteiger partial charge in [0.2, 0.25) is 5.91 Å². The minimum atomic E-state index is -0.779. The lowest BCUT2D eigenvalue weighted by atomic mass is 9.90. The molecular weight excluding hydrogens is 208 g/mol. The van der Waals surface area contributed by atoms with E-state index < -0.39 is 5.54 Å². The largest absolute Gasteiger partial charge is 0.381 e. The predicted molar refractivity (Wildman–Crippen MR) is 57.4 cm³/mol. The maximum Gasteiger partial charge on any atom is 0.240 e. The summed E-state index contributed by atoms with van der Waals surface area (Å²) in [7, 11) is 0. The number of hydrogen-bond acceptors (Lipinski definition) is 4. The Labute approximate surface area is 93.5 Å². The first-order valence-corrected chi connectivity index (χ1v) is 5.34. The van der Waals surface area contributed by atoms with Crippen LogP contribution >= 0.6 is 0 Å². The van der Waals surface area contributed by atoms with Gasteiger partial charge in [-0.15, -0.1) is 0 Å². The molecule has 0 aliphatic carbocycles. The van der Waals surface area contributed by atoms with Crippen LogP contribution in [0, 0.1) is 0 Å². The Morgan fingerprint density at radius 1 is 1.62 bits per heavy atom. The zero-order valence-corrected chi connectivity index (χ0v) is 9.03. The van der Waals surface area contributed by atoms with Crippen LogP contribution in [0.5, 0.6) is 0 Å². The van der Waals surface area contributed by atoms with Crippen LogP contribution in [-0.2, 0) is 16.1 Å². The molecule has 1 aliphatic rings. The Morgan fingerprint density at radius 3 is 3.00 bits per heavy atom. The molecule has 1 amide bonds. The van der Waals surface area contributed by atoms with Crippen molar-refractivity contribution in [1.29, 1.82) is 0 Å². The summed E-state index contributed by atoms with van der Waals surface area (Å²) >= 11 is 0. The fraction of sp³-hybridized carbons (Fsp3) is 0.600. The molecule has 0 atom stereocenters. The van der Waals surface area contributed by atoms with Gasteiger partial charge in [0.05, 0.1) is 17.8 Å². The van der Waals surface area contributed by atoms with Crippen molar-refractivity contribution in [2.75, 3.05) is 13.2 Å². The predicted octanol–water partition coefficient (Wildman–Crippen LogP) is -0.466. The summed E-state index contributed by atoms with van der Waals surface area (Å²) in [6.07, 6.45) is 2.79. The van der Waals surface area contributed by atoms with Gasteiger partial charge in [-0.05, 0) is 18.9 Å². The molecule has 4 N–H and O–H groups in total. The van der Waals surface area contributed by atoms with Crippen molar-refractivity contribution < 1.29 is 9.53 Å². The number of nitrogens with one attached hydrogen (secondary N) is 2. The quantitative estimate of drug-likeness (QED) is 0.647. The molecule has 6 heteroatoms. The monoisotopic (exact) mass is 224 g/mol. The molecule has 0 saturated carbocycles. The van der Waals surface area contributed by atoms with Gasteiger partial charge in [-0.3, -0.25) is 9.89 Å². The molecule has 0 aromatic carbocycles. The van der Waals surface area contributed by atoms with Crippen LogP contribution < -0.4 is 11.1 Å². The first kappa shape index (κ1) is 11.1. The lowest BCUT2D eigenvalue weighted by Gasteiger charge is -2.31. The number of amides is 1. The van der Waals surface area contributed by atoms with Crippen molar-refractivity contribution in [3.05, 3.63) is 18.0 Å². The maximum absolute atomic E-state index is 11.9. The summed E-state index contributed by atoms with van der Waals surface area (Å²) in [6.45, 7) is 1.53. The van der Waals surface area contributed by atoms with Crippen molar-refractivity contribution in [3.63, 3.8) is 0 Å². The number of rotatable bonds is 3. The molecule has 2 heterocycles. The van der Waals surface area contributed by atoms with Crippen LogP contribution in [0.15, 0.2) is 12.3 Å². The van der Waals surface area contributed by atoms with E-state index in [0.29, 0.717) is 32.6 Å². The molecule has 0 bridgehead atoms. The maximum atomic E-state index is 11.9. The van der Waals surface area contributed by atoms with Gasteiger partial charge >= 0.3 is 0 Å². The van der Waals surface area contributed by atoms with Gasteiger partial charge in [-0.2, -0.15) is 5.10 Å². The number of hydrogen-bond donors (Lipinski definition) is 3. The third-order valence-corrected chi connectivity index (χ3v) is 2.84. The minimum absolute atomic E-state index is 0.120. The van der Waals surface area contributed by atoms with E-state index in [9.17, 15) is 4.79 Å². The van der Waals surface area contributed by atoms with Gasteiger partial charge in [0.15, 0.2) is 0 Å². The molecule has 1 aliphatic heterocycles. The second-order valence-electron chi connectivity index (χ2n) is 4.03. The molecule has 0 spiro atoms. The van der Waals surface area contributed by atoms with Crippen molar-refractivity contribution in [2.45, 2.75) is 24.9 Å². The molecule has 1 fully saturated rings. The Balaban J connectivity index is 1.87. The molecular formula is C10H16N4O2. The average molecular weight is 224 g/mol. The Kier molecular flexibility index (Phi) is 3.21. The number of carbonyl (C=O) groups excluding carboxylic acids is 1. The van der Waals surface area contributed by atoms with Crippen molar-refractivity contribution in [1.82, 2.24) is 15.5 Å². The van der Waals surface area contributed by atoms with E-state index >= 15 is 0 Å². The van der Waals surface area contributed by atoms with Crippen molar-refractivity contribution in [3.8, 4) is 0 Å². The molecule has 1 saturated heterocycles. The van der Waals surface area contributed by atoms with Crippen molar-refractivity contribution >= 4 is 5.91 Å². The molecule has 88 valence electrons. The number of carbonyl (C=O) groups is 1. The standard InChI is InChI=1S/C10H16N4O2/c11-10(2-5-16-6-3-10)9(15)12-7-8-1-4-13-14-8/h1,4H,2-3,5-7,11H2,(H,12,15)(H,13,14). The summed E-state index contributed by atoms with van der Waals surface area (Å²) in [5, 5.41) is 9.38. The first-order valence-electron chi connectivity index (χ1n) is 5.34. The lowest BCUT2D eigenvalue weighted by molar-refractivity contribution is -0.129. The smallest absolute Gasteiger partial charge is 0.240 e. The van der Waals surface area contributed by atoms with E-state index in [1.54, 1.807) is 6.20 Å². The summed E-state index contributed by atoms with van der Waals surface area (Å²) in [6, 6.07) is 1.81. The number of ether oxygens (including phenoxy) is 1. The Hall–Kier alpha value is -1.40. The lowest BCUT2D eigenvalue weighted by Crippen LogP contribution is -2.56. The molecule has 1 aromatic rings. The normalized spacial score (nSPS) is 19.3. The van der Waals surface area contributed by atoms with E-state index in [-0.39, 0.29) is 5.91 Å². The summed E-state index contributed by atoms with van der Waals surface area (Å²) < 4.78 is 5.19.